The van der Waals surface area contributed by atoms with E-state index in [-0.39, 0.29) is 12.3 Å². The Morgan fingerprint density at radius 3 is 2.68 bits per heavy atom. The number of aliphatic carboxylic acids is 1. The smallest absolute Gasteiger partial charge is 0.305 e. The van der Waals surface area contributed by atoms with Gasteiger partial charge in [0.25, 0.3) is 0 Å². The fourth-order valence-electron chi connectivity index (χ4n) is 1.81. The number of nitrogens with zero attached hydrogens (tertiary/aromatic N) is 1. The minimum atomic E-state index is -3.40. The first-order valence-electron chi connectivity index (χ1n) is 5.86. The van der Waals surface area contributed by atoms with Gasteiger partial charge in [0, 0.05) is 23.8 Å². The first kappa shape index (κ1) is 16.3. The molecule has 0 bridgehead atoms. The number of thioether (sulfide) groups is 1. The van der Waals surface area contributed by atoms with Crippen LogP contribution in [0.15, 0.2) is 0 Å². The Labute approximate surface area is 116 Å². The summed E-state index contributed by atoms with van der Waals surface area (Å²) in [4.78, 5) is 23.8. The average Bonchev–Trinajstić information content (AvgIpc) is 2.37. The second kappa shape index (κ2) is 6.58. The molecule has 0 aromatic heterocycles. The molecule has 1 amide bonds. The van der Waals surface area contributed by atoms with Gasteiger partial charge in [0.15, 0.2) is 9.84 Å². The van der Waals surface area contributed by atoms with Crippen LogP contribution in [0.25, 0.3) is 0 Å². The SMILES string of the molecule is CCS(=O)(=O)C1CSCCN1C(=O)C(N)CC(=O)O. The molecule has 19 heavy (non-hydrogen) atoms. The molecule has 0 aliphatic carbocycles. The molecule has 1 aliphatic heterocycles. The van der Waals surface area contributed by atoms with Crippen molar-refractivity contribution in [3.8, 4) is 0 Å². The third-order valence-corrected chi connectivity index (χ3v) is 6.18. The van der Waals surface area contributed by atoms with Gasteiger partial charge < -0.3 is 15.7 Å². The van der Waals surface area contributed by atoms with Gasteiger partial charge in [-0.3, -0.25) is 9.59 Å². The van der Waals surface area contributed by atoms with Gasteiger partial charge in [-0.15, -0.1) is 0 Å². The summed E-state index contributed by atoms with van der Waals surface area (Å²) in [6.07, 6.45) is -0.499. The van der Waals surface area contributed by atoms with E-state index in [9.17, 15) is 18.0 Å². The number of amides is 1. The fourth-order valence-corrected chi connectivity index (χ4v) is 4.79. The summed E-state index contributed by atoms with van der Waals surface area (Å²) < 4.78 is 23.9. The molecule has 7 nitrogen and oxygen atoms in total. The van der Waals surface area contributed by atoms with Gasteiger partial charge in [0.2, 0.25) is 5.91 Å². The third-order valence-electron chi connectivity index (χ3n) is 2.90. The van der Waals surface area contributed by atoms with Crippen LogP contribution in [0.5, 0.6) is 0 Å². The number of hydrogen-bond donors (Lipinski definition) is 2. The van der Waals surface area contributed by atoms with Gasteiger partial charge in [-0.25, -0.2) is 8.42 Å². The molecule has 1 aliphatic rings. The molecule has 2 atom stereocenters. The Balaban J connectivity index is 2.88. The van der Waals surface area contributed by atoms with Gasteiger partial charge in [-0.2, -0.15) is 11.8 Å². The van der Waals surface area contributed by atoms with Crippen LogP contribution < -0.4 is 5.73 Å². The van der Waals surface area contributed by atoms with Crippen LogP contribution in [0.3, 0.4) is 0 Å². The molecule has 3 N–H and O–H groups in total. The maximum Gasteiger partial charge on any atom is 0.305 e. The third kappa shape index (κ3) is 4.08. The van der Waals surface area contributed by atoms with E-state index in [2.05, 4.69) is 0 Å². The van der Waals surface area contributed by atoms with Crippen LogP contribution in [-0.2, 0) is 19.4 Å². The Bertz CT molecular complexity index is 451. The van der Waals surface area contributed by atoms with Crippen LogP contribution in [0.4, 0.5) is 0 Å². The maximum atomic E-state index is 12.1. The summed E-state index contributed by atoms with van der Waals surface area (Å²) in [5.41, 5.74) is 5.52. The molecule has 1 fully saturated rings. The number of sulfone groups is 1. The number of carboxylic acids is 1. The van der Waals surface area contributed by atoms with Crippen molar-refractivity contribution in [3.05, 3.63) is 0 Å². The molecule has 0 aromatic rings. The molecule has 1 heterocycles. The van der Waals surface area contributed by atoms with Crippen LogP contribution in [0.1, 0.15) is 13.3 Å². The van der Waals surface area contributed by atoms with Crippen LogP contribution in [0, 0.1) is 0 Å². The zero-order chi connectivity index (χ0) is 14.6. The molecule has 0 radical (unpaired) electrons. The van der Waals surface area contributed by atoms with E-state index in [1.165, 1.54) is 23.6 Å². The summed E-state index contributed by atoms with van der Waals surface area (Å²) in [6, 6.07) is -1.20. The number of carbonyl (C=O) groups is 2. The van der Waals surface area contributed by atoms with E-state index in [4.69, 9.17) is 10.8 Å². The predicted octanol–water partition coefficient (Wildman–Crippen LogP) is -0.875. The predicted molar refractivity (Wildman–Crippen MR) is 72.5 cm³/mol. The molecular weight excluding hydrogens is 292 g/mol. The summed E-state index contributed by atoms with van der Waals surface area (Å²) in [6.45, 7) is 1.80. The second-order valence-corrected chi connectivity index (χ2v) is 7.81. The van der Waals surface area contributed by atoms with E-state index < -0.39 is 39.6 Å². The standard InChI is InChI=1S/C10H18N2O5S2/c1-2-19(16,17)8-6-18-4-3-12(8)10(15)7(11)5-9(13)14/h7-8H,2-6,11H2,1H3,(H,13,14). The van der Waals surface area contributed by atoms with E-state index in [0.29, 0.717) is 11.5 Å². The van der Waals surface area contributed by atoms with Crippen molar-refractivity contribution in [2.24, 2.45) is 5.73 Å². The first-order valence-corrected chi connectivity index (χ1v) is 8.73. The number of carbonyl (C=O) groups excluding carboxylic acids is 1. The number of carboxylic acid groups (broad SMARTS) is 1. The summed E-state index contributed by atoms with van der Waals surface area (Å²) >= 11 is 1.46. The van der Waals surface area contributed by atoms with Gasteiger partial charge in [-0.1, -0.05) is 6.92 Å². The molecule has 1 saturated heterocycles. The van der Waals surface area contributed by atoms with Crippen molar-refractivity contribution in [1.29, 1.82) is 0 Å². The van der Waals surface area contributed by atoms with Gasteiger partial charge >= 0.3 is 5.97 Å². The van der Waals surface area contributed by atoms with Crippen molar-refractivity contribution in [1.82, 2.24) is 4.90 Å². The van der Waals surface area contributed by atoms with Crippen molar-refractivity contribution in [2.45, 2.75) is 24.8 Å². The van der Waals surface area contributed by atoms with Crippen LogP contribution >= 0.6 is 11.8 Å². The highest BCUT2D eigenvalue weighted by Crippen LogP contribution is 2.22. The molecule has 1 rings (SSSR count). The number of hydrogen-bond acceptors (Lipinski definition) is 6. The van der Waals surface area contributed by atoms with Crippen molar-refractivity contribution in [3.63, 3.8) is 0 Å². The highest BCUT2D eigenvalue weighted by Gasteiger charge is 2.37. The Morgan fingerprint density at radius 2 is 2.16 bits per heavy atom. The zero-order valence-corrected chi connectivity index (χ0v) is 12.2. The van der Waals surface area contributed by atoms with E-state index in [0.717, 1.165) is 0 Å². The van der Waals surface area contributed by atoms with E-state index in [1.54, 1.807) is 0 Å². The van der Waals surface area contributed by atoms with E-state index in [1.807, 2.05) is 0 Å². The average molecular weight is 310 g/mol. The molecular formula is C10H18N2O5S2. The lowest BCUT2D eigenvalue weighted by atomic mass is 10.2. The maximum absolute atomic E-state index is 12.1. The van der Waals surface area contributed by atoms with Crippen molar-refractivity contribution >= 4 is 33.5 Å². The number of nitrogens with two attached hydrogens (primary N) is 1. The Hall–Kier alpha value is -0.800. The fraction of sp³-hybridized carbons (Fsp3) is 0.800. The minimum absolute atomic E-state index is 0.0593. The largest absolute Gasteiger partial charge is 0.481 e. The quantitative estimate of drug-likeness (QED) is 0.677. The minimum Gasteiger partial charge on any atom is -0.481 e. The molecule has 0 spiro atoms. The second-order valence-electron chi connectivity index (χ2n) is 4.22. The number of rotatable bonds is 5. The Morgan fingerprint density at radius 1 is 1.53 bits per heavy atom. The zero-order valence-electron chi connectivity index (χ0n) is 10.6. The summed E-state index contributed by atoms with van der Waals surface area (Å²) in [5, 5.41) is 7.73. The lowest BCUT2D eigenvalue weighted by Crippen LogP contribution is -2.55. The molecule has 0 saturated carbocycles. The highest BCUT2D eigenvalue weighted by molar-refractivity contribution is 8.01. The van der Waals surface area contributed by atoms with Gasteiger partial charge in [0.1, 0.15) is 5.37 Å². The lowest BCUT2D eigenvalue weighted by Gasteiger charge is -2.35. The lowest BCUT2D eigenvalue weighted by molar-refractivity contribution is -0.142. The highest BCUT2D eigenvalue weighted by atomic mass is 32.2. The van der Waals surface area contributed by atoms with E-state index >= 15 is 0 Å². The first-order chi connectivity index (χ1) is 8.79. The topological polar surface area (TPSA) is 118 Å². The van der Waals surface area contributed by atoms with Crippen LogP contribution in [-0.4, -0.2) is 65.5 Å². The van der Waals surface area contributed by atoms with Gasteiger partial charge in [-0.05, 0) is 0 Å². The molecule has 9 heteroatoms. The van der Waals surface area contributed by atoms with Crippen molar-refractivity contribution < 1.29 is 23.1 Å². The molecule has 0 aromatic carbocycles. The summed E-state index contributed by atoms with van der Waals surface area (Å²) in [7, 11) is -3.40. The molecule has 2 unspecified atom stereocenters. The van der Waals surface area contributed by atoms with Gasteiger partial charge in [0.05, 0.1) is 12.5 Å². The van der Waals surface area contributed by atoms with Crippen LogP contribution in [0.2, 0.25) is 0 Å². The monoisotopic (exact) mass is 310 g/mol. The molecule has 110 valence electrons. The Kier molecular flexibility index (Phi) is 5.63. The summed E-state index contributed by atoms with van der Waals surface area (Å²) in [5.74, 6) is -0.911. The van der Waals surface area contributed by atoms with Crippen molar-refractivity contribution in [2.75, 3.05) is 23.8 Å². The normalized spacial score (nSPS) is 22.0.